The van der Waals surface area contributed by atoms with Crippen molar-refractivity contribution in [3.05, 3.63) is 29.8 Å². The first-order valence-corrected chi connectivity index (χ1v) is 8.78. The molecule has 1 aromatic rings. The van der Waals surface area contributed by atoms with Crippen LogP contribution in [0.15, 0.2) is 24.3 Å². The van der Waals surface area contributed by atoms with Crippen molar-refractivity contribution in [2.45, 2.75) is 32.2 Å². The normalized spacial score (nSPS) is 16.7. The first-order valence-electron chi connectivity index (χ1n) is 7.62. The van der Waals surface area contributed by atoms with Crippen LogP contribution in [0.4, 0.5) is 4.79 Å². The summed E-state index contributed by atoms with van der Waals surface area (Å²) >= 11 is 1.94. The average molecular weight is 308 g/mol. The number of amides is 2. The van der Waals surface area contributed by atoms with E-state index in [-0.39, 0.29) is 12.1 Å². The number of urea groups is 1. The molecule has 116 valence electrons. The molecule has 0 fully saturated rings. The van der Waals surface area contributed by atoms with Crippen molar-refractivity contribution >= 4 is 17.8 Å². The number of rotatable bonds is 7. The molecule has 1 heterocycles. The summed E-state index contributed by atoms with van der Waals surface area (Å²) in [6.07, 6.45) is 3.06. The fraction of sp³-hybridized carbons (Fsp3) is 0.562. The highest BCUT2D eigenvalue weighted by Crippen LogP contribution is 2.23. The molecule has 2 amide bonds. The van der Waals surface area contributed by atoms with Gasteiger partial charge in [-0.3, -0.25) is 0 Å². The molecular weight excluding hydrogens is 284 g/mol. The maximum Gasteiger partial charge on any atom is 0.315 e. The van der Waals surface area contributed by atoms with Gasteiger partial charge in [-0.1, -0.05) is 25.1 Å². The van der Waals surface area contributed by atoms with Crippen LogP contribution in [0, 0.1) is 0 Å². The van der Waals surface area contributed by atoms with Gasteiger partial charge in [-0.25, -0.2) is 4.79 Å². The van der Waals surface area contributed by atoms with Crippen molar-refractivity contribution in [3.63, 3.8) is 0 Å². The Kier molecular flexibility index (Phi) is 6.73. The number of hydrogen-bond donors (Lipinski definition) is 2. The number of fused-ring (bicyclic) bond motifs is 1. The highest BCUT2D eigenvalue weighted by Gasteiger charge is 2.20. The second-order valence-corrected chi connectivity index (χ2v) is 6.41. The Bertz CT molecular complexity index is 454. The van der Waals surface area contributed by atoms with Crippen LogP contribution in [-0.4, -0.2) is 36.7 Å². The highest BCUT2D eigenvalue weighted by atomic mass is 32.2. The van der Waals surface area contributed by atoms with Crippen LogP contribution in [0.25, 0.3) is 0 Å². The Balaban J connectivity index is 1.63. The molecule has 0 radical (unpaired) electrons. The summed E-state index contributed by atoms with van der Waals surface area (Å²) in [6, 6.07) is 7.94. The van der Waals surface area contributed by atoms with Gasteiger partial charge in [0.1, 0.15) is 12.4 Å². The Labute approximate surface area is 131 Å². The fourth-order valence-corrected chi connectivity index (χ4v) is 3.12. The van der Waals surface area contributed by atoms with E-state index in [1.807, 2.05) is 36.0 Å². The topological polar surface area (TPSA) is 50.4 Å². The molecule has 0 saturated carbocycles. The lowest BCUT2D eigenvalue weighted by atomic mass is 10.0. The zero-order valence-electron chi connectivity index (χ0n) is 12.6. The van der Waals surface area contributed by atoms with E-state index < -0.39 is 0 Å². The summed E-state index contributed by atoms with van der Waals surface area (Å²) in [7, 11) is 0. The first kappa shape index (κ1) is 16.0. The van der Waals surface area contributed by atoms with Gasteiger partial charge in [0.2, 0.25) is 0 Å². The van der Waals surface area contributed by atoms with Crippen LogP contribution in [0.2, 0.25) is 0 Å². The van der Waals surface area contributed by atoms with E-state index in [9.17, 15) is 4.79 Å². The van der Waals surface area contributed by atoms with Gasteiger partial charge in [0, 0.05) is 6.54 Å². The molecule has 1 unspecified atom stereocenters. The van der Waals surface area contributed by atoms with Crippen LogP contribution in [0.3, 0.4) is 0 Å². The molecular formula is C16H24N2O2S. The zero-order chi connectivity index (χ0) is 14.9. The molecule has 0 aliphatic carbocycles. The lowest BCUT2D eigenvalue weighted by Crippen LogP contribution is -2.47. The number of hydrogen-bond acceptors (Lipinski definition) is 3. The minimum Gasteiger partial charge on any atom is -0.491 e. The minimum absolute atomic E-state index is 0.0503. The van der Waals surface area contributed by atoms with Crippen molar-refractivity contribution in [3.8, 4) is 5.75 Å². The van der Waals surface area contributed by atoms with E-state index in [0.29, 0.717) is 6.61 Å². The number of ether oxygens (including phenoxy) is 1. The molecule has 1 atom stereocenters. The van der Waals surface area contributed by atoms with Gasteiger partial charge in [-0.05, 0) is 42.4 Å². The van der Waals surface area contributed by atoms with Gasteiger partial charge in [0.15, 0.2) is 0 Å². The monoisotopic (exact) mass is 308 g/mol. The number of thioether (sulfide) groups is 1. The molecule has 0 spiro atoms. The van der Waals surface area contributed by atoms with Gasteiger partial charge in [0.25, 0.3) is 0 Å². The van der Waals surface area contributed by atoms with E-state index in [2.05, 4.69) is 17.6 Å². The van der Waals surface area contributed by atoms with Crippen molar-refractivity contribution < 1.29 is 9.53 Å². The summed E-state index contributed by atoms with van der Waals surface area (Å²) in [6.45, 7) is 3.45. The van der Waals surface area contributed by atoms with Gasteiger partial charge in [-0.15, -0.1) is 0 Å². The summed E-state index contributed by atoms with van der Waals surface area (Å²) in [5, 5.41) is 5.89. The Morgan fingerprint density at radius 1 is 1.38 bits per heavy atom. The third kappa shape index (κ3) is 5.50. The second-order valence-electron chi connectivity index (χ2n) is 5.19. The summed E-state index contributed by atoms with van der Waals surface area (Å²) < 4.78 is 5.66. The fourth-order valence-electron chi connectivity index (χ4n) is 2.28. The van der Waals surface area contributed by atoms with Crippen molar-refractivity contribution in [1.82, 2.24) is 10.6 Å². The predicted octanol–water partition coefficient (Wildman–Crippen LogP) is 2.82. The van der Waals surface area contributed by atoms with E-state index in [1.54, 1.807) is 0 Å². The Morgan fingerprint density at radius 2 is 2.24 bits per heavy atom. The molecule has 2 N–H and O–H groups in total. The number of carbonyl (C=O) groups is 1. The lowest BCUT2D eigenvalue weighted by molar-refractivity contribution is 0.214. The molecule has 21 heavy (non-hydrogen) atoms. The predicted molar refractivity (Wildman–Crippen MR) is 88.2 cm³/mol. The zero-order valence-corrected chi connectivity index (χ0v) is 13.4. The second kappa shape index (κ2) is 8.82. The van der Waals surface area contributed by atoms with E-state index in [0.717, 1.165) is 36.5 Å². The summed E-state index contributed by atoms with van der Waals surface area (Å²) in [5.41, 5.74) is 1.16. The maximum absolute atomic E-state index is 11.8. The van der Waals surface area contributed by atoms with Crippen molar-refractivity contribution in [1.29, 1.82) is 0 Å². The smallest absolute Gasteiger partial charge is 0.315 e. The van der Waals surface area contributed by atoms with Gasteiger partial charge in [-0.2, -0.15) is 11.8 Å². The molecule has 1 aliphatic heterocycles. The molecule has 1 aromatic carbocycles. The number of benzene rings is 1. The Hall–Kier alpha value is -1.36. The molecule has 0 saturated heterocycles. The molecule has 5 heteroatoms. The number of carbonyl (C=O) groups excluding carboxylic acids is 1. The van der Waals surface area contributed by atoms with Gasteiger partial charge < -0.3 is 15.4 Å². The van der Waals surface area contributed by atoms with Crippen LogP contribution in [-0.2, 0) is 6.42 Å². The molecule has 1 aliphatic rings. The van der Waals surface area contributed by atoms with Crippen LogP contribution >= 0.6 is 11.8 Å². The lowest BCUT2D eigenvalue weighted by Gasteiger charge is -2.26. The van der Waals surface area contributed by atoms with Crippen LogP contribution < -0.4 is 15.4 Å². The molecule has 0 aromatic heterocycles. The largest absolute Gasteiger partial charge is 0.491 e. The summed E-state index contributed by atoms with van der Waals surface area (Å²) in [5.74, 6) is 3.24. The van der Waals surface area contributed by atoms with Crippen molar-refractivity contribution in [2.24, 2.45) is 0 Å². The van der Waals surface area contributed by atoms with Crippen LogP contribution in [0.5, 0.6) is 5.75 Å². The van der Waals surface area contributed by atoms with Crippen LogP contribution in [0.1, 0.15) is 25.3 Å². The minimum atomic E-state index is -0.0940. The molecule has 0 bridgehead atoms. The van der Waals surface area contributed by atoms with E-state index >= 15 is 0 Å². The standard InChI is InChI=1S/C16H24N2O2S/c1-2-9-21-10-5-8-17-16(19)18-14-11-13-6-3-4-7-15(13)20-12-14/h3-4,6-7,14H,2,5,8-12H2,1H3,(H2,17,18,19). The Morgan fingerprint density at radius 3 is 3.10 bits per heavy atom. The van der Waals surface area contributed by atoms with E-state index in [1.165, 1.54) is 12.2 Å². The number of para-hydroxylation sites is 1. The third-order valence-corrected chi connectivity index (χ3v) is 4.59. The first-order chi connectivity index (χ1) is 10.3. The molecule has 2 rings (SSSR count). The van der Waals surface area contributed by atoms with Gasteiger partial charge >= 0.3 is 6.03 Å². The number of nitrogens with one attached hydrogen (secondary N) is 2. The quantitative estimate of drug-likeness (QED) is 0.762. The average Bonchev–Trinajstić information content (AvgIpc) is 2.50. The SMILES string of the molecule is CCCSCCCNC(=O)NC1COc2ccccc2C1. The third-order valence-electron chi connectivity index (χ3n) is 3.31. The highest BCUT2D eigenvalue weighted by molar-refractivity contribution is 7.99. The summed E-state index contributed by atoms with van der Waals surface area (Å²) in [4.78, 5) is 11.8. The maximum atomic E-state index is 11.8. The van der Waals surface area contributed by atoms with Crippen molar-refractivity contribution in [2.75, 3.05) is 24.7 Å². The molecule has 4 nitrogen and oxygen atoms in total. The van der Waals surface area contributed by atoms with Gasteiger partial charge in [0.05, 0.1) is 6.04 Å². The van der Waals surface area contributed by atoms with E-state index in [4.69, 9.17) is 4.74 Å².